The zero-order valence-corrected chi connectivity index (χ0v) is 8.51. The first-order chi connectivity index (χ1) is 5.27. The van der Waals surface area contributed by atoms with E-state index in [9.17, 15) is 0 Å². The standard InChI is InChI=1S/C10H22N.FH/c1-3-4-8-11(2)9-6-5-7-10-11;/h3-10H2,1-2H3;1H/q+1;. The molecule has 0 aromatic rings. The first-order valence-corrected chi connectivity index (χ1v) is 5.10. The largest absolute Gasteiger partial charge is 0.326 e. The molecule has 0 amide bonds. The summed E-state index contributed by atoms with van der Waals surface area (Å²) in [7, 11) is 2.43. The molecule has 1 nitrogen and oxygen atoms in total. The van der Waals surface area contributed by atoms with Crippen molar-refractivity contribution in [3.63, 3.8) is 0 Å². The maximum absolute atomic E-state index is 2.43. The molecule has 1 saturated heterocycles. The predicted octanol–water partition coefficient (Wildman–Crippen LogP) is 2.57. The van der Waals surface area contributed by atoms with Crippen LogP contribution in [0.3, 0.4) is 0 Å². The summed E-state index contributed by atoms with van der Waals surface area (Å²) < 4.78 is 1.36. The third-order valence-electron chi connectivity index (χ3n) is 2.95. The van der Waals surface area contributed by atoms with Gasteiger partial charge in [0.05, 0.1) is 26.7 Å². The van der Waals surface area contributed by atoms with Gasteiger partial charge in [-0.15, -0.1) is 0 Å². The molecule has 1 fully saturated rings. The van der Waals surface area contributed by atoms with Crippen LogP contribution < -0.4 is 0 Å². The fourth-order valence-electron chi connectivity index (χ4n) is 2.04. The minimum absolute atomic E-state index is 0. The van der Waals surface area contributed by atoms with Crippen molar-refractivity contribution in [2.75, 3.05) is 26.7 Å². The molecule has 0 spiro atoms. The van der Waals surface area contributed by atoms with Gasteiger partial charge in [-0.25, -0.2) is 0 Å². The van der Waals surface area contributed by atoms with Crippen LogP contribution in [-0.2, 0) is 0 Å². The van der Waals surface area contributed by atoms with Crippen LogP contribution in [0.2, 0.25) is 0 Å². The molecule has 0 N–H and O–H groups in total. The molecule has 1 aliphatic heterocycles. The summed E-state index contributed by atoms with van der Waals surface area (Å²) in [6.45, 7) is 6.56. The average molecular weight is 176 g/mol. The van der Waals surface area contributed by atoms with Gasteiger partial charge in [0.2, 0.25) is 0 Å². The first kappa shape index (κ1) is 11.9. The Kier molecular flexibility index (Phi) is 5.47. The minimum Gasteiger partial charge on any atom is -0.326 e. The van der Waals surface area contributed by atoms with Crippen molar-refractivity contribution < 1.29 is 9.19 Å². The van der Waals surface area contributed by atoms with Gasteiger partial charge in [0.25, 0.3) is 0 Å². The summed E-state index contributed by atoms with van der Waals surface area (Å²) in [5, 5.41) is 0. The Morgan fingerprint density at radius 1 is 1.08 bits per heavy atom. The molecular weight excluding hydrogens is 153 g/mol. The zero-order chi connectivity index (χ0) is 8.16. The van der Waals surface area contributed by atoms with E-state index in [1.165, 1.54) is 56.2 Å². The van der Waals surface area contributed by atoms with E-state index < -0.39 is 0 Å². The van der Waals surface area contributed by atoms with Crippen LogP contribution >= 0.6 is 0 Å². The van der Waals surface area contributed by atoms with E-state index >= 15 is 0 Å². The summed E-state index contributed by atoms with van der Waals surface area (Å²) in [6.07, 6.45) is 7.16. The van der Waals surface area contributed by atoms with Gasteiger partial charge in [-0.1, -0.05) is 13.3 Å². The second kappa shape index (κ2) is 5.52. The number of nitrogens with zero attached hydrogens (tertiary/aromatic N) is 1. The van der Waals surface area contributed by atoms with Crippen LogP contribution in [0.4, 0.5) is 4.70 Å². The molecule has 1 aliphatic rings. The lowest BCUT2D eigenvalue weighted by molar-refractivity contribution is -0.914. The topological polar surface area (TPSA) is 0 Å². The summed E-state index contributed by atoms with van der Waals surface area (Å²) in [5.41, 5.74) is 0. The quantitative estimate of drug-likeness (QED) is 0.580. The van der Waals surface area contributed by atoms with Crippen LogP contribution in [-0.4, -0.2) is 31.2 Å². The molecule has 0 aromatic heterocycles. The predicted molar refractivity (Wildman–Crippen MR) is 52.0 cm³/mol. The van der Waals surface area contributed by atoms with Gasteiger partial charge in [0.1, 0.15) is 0 Å². The highest BCUT2D eigenvalue weighted by atomic mass is 19.0. The van der Waals surface area contributed by atoms with Crippen molar-refractivity contribution in [2.24, 2.45) is 0 Å². The van der Waals surface area contributed by atoms with Gasteiger partial charge in [-0.05, 0) is 25.7 Å². The fourth-order valence-corrected chi connectivity index (χ4v) is 2.04. The van der Waals surface area contributed by atoms with E-state index in [0.29, 0.717) is 0 Å². The number of unbranched alkanes of at least 4 members (excludes halogenated alkanes) is 1. The van der Waals surface area contributed by atoms with Gasteiger partial charge in [0.15, 0.2) is 0 Å². The summed E-state index contributed by atoms with van der Waals surface area (Å²) in [4.78, 5) is 0. The zero-order valence-electron chi connectivity index (χ0n) is 8.51. The number of piperidine rings is 1. The lowest BCUT2D eigenvalue weighted by Gasteiger charge is -2.37. The van der Waals surface area contributed by atoms with E-state index in [2.05, 4.69) is 14.0 Å². The molecule has 0 unspecified atom stereocenters. The van der Waals surface area contributed by atoms with Gasteiger partial charge >= 0.3 is 0 Å². The minimum atomic E-state index is 0. The molecule has 74 valence electrons. The second-order valence-electron chi connectivity index (χ2n) is 4.20. The number of likely N-dealkylation sites (tertiary alicyclic amines) is 1. The van der Waals surface area contributed by atoms with Gasteiger partial charge in [-0.2, -0.15) is 0 Å². The van der Waals surface area contributed by atoms with Crippen LogP contribution in [0, 0.1) is 0 Å². The van der Waals surface area contributed by atoms with Crippen LogP contribution in [0.25, 0.3) is 0 Å². The summed E-state index contributed by atoms with van der Waals surface area (Å²) in [5.74, 6) is 0. The lowest BCUT2D eigenvalue weighted by Crippen LogP contribution is -2.48. The van der Waals surface area contributed by atoms with Gasteiger partial charge in [-0.3, -0.25) is 4.70 Å². The third-order valence-corrected chi connectivity index (χ3v) is 2.95. The van der Waals surface area contributed by atoms with E-state index in [0.717, 1.165) is 0 Å². The highest BCUT2D eigenvalue weighted by Gasteiger charge is 2.23. The van der Waals surface area contributed by atoms with Crippen LogP contribution in [0.15, 0.2) is 0 Å². The number of hydrogen-bond acceptors (Lipinski definition) is 0. The molecule has 0 aromatic carbocycles. The van der Waals surface area contributed by atoms with E-state index in [1.54, 1.807) is 0 Å². The molecule has 0 bridgehead atoms. The molecule has 1 heterocycles. The molecule has 2 heteroatoms. The maximum atomic E-state index is 2.43. The summed E-state index contributed by atoms with van der Waals surface area (Å²) in [6, 6.07) is 0. The highest BCUT2D eigenvalue weighted by Crippen LogP contribution is 2.16. The van der Waals surface area contributed by atoms with Crippen molar-refractivity contribution in [1.82, 2.24) is 0 Å². The monoisotopic (exact) mass is 176 g/mol. The molecule has 1 rings (SSSR count). The van der Waals surface area contributed by atoms with Crippen molar-refractivity contribution in [3.8, 4) is 0 Å². The van der Waals surface area contributed by atoms with E-state index in [4.69, 9.17) is 0 Å². The molecular formula is C10H23FN+. The van der Waals surface area contributed by atoms with Crippen LogP contribution in [0.1, 0.15) is 39.0 Å². The first-order valence-electron chi connectivity index (χ1n) is 5.10. The second-order valence-corrected chi connectivity index (χ2v) is 4.20. The molecule has 0 atom stereocenters. The average Bonchev–Trinajstić information content (AvgIpc) is 2.03. The van der Waals surface area contributed by atoms with Gasteiger partial charge < -0.3 is 4.48 Å². The SMILES string of the molecule is CCCC[N+]1(C)CCCCC1.F. The normalized spacial score (nSPS) is 21.5. The Hall–Kier alpha value is -0.110. The Bertz CT molecular complexity index is 108. The number of rotatable bonds is 3. The Balaban J connectivity index is 0.00000121. The Morgan fingerprint density at radius 2 is 1.67 bits per heavy atom. The Labute approximate surface area is 75.7 Å². The molecule has 0 radical (unpaired) electrons. The van der Waals surface area contributed by atoms with Crippen LogP contribution in [0.5, 0.6) is 0 Å². The smallest absolute Gasteiger partial charge is 0.0784 e. The molecule has 12 heavy (non-hydrogen) atoms. The maximum Gasteiger partial charge on any atom is 0.0784 e. The Morgan fingerprint density at radius 3 is 2.17 bits per heavy atom. The lowest BCUT2D eigenvalue weighted by atomic mass is 10.1. The van der Waals surface area contributed by atoms with E-state index in [1.807, 2.05) is 0 Å². The fraction of sp³-hybridized carbons (Fsp3) is 1.00. The van der Waals surface area contributed by atoms with Crippen molar-refractivity contribution >= 4 is 0 Å². The summed E-state index contributed by atoms with van der Waals surface area (Å²) >= 11 is 0. The highest BCUT2D eigenvalue weighted by molar-refractivity contribution is 4.51. The van der Waals surface area contributed by atoms with Crippen molar-refractivity contribution in [2.45, 2.75) is 39.0 Å². The number of hydrogen-bond donors (Lipinski definition) is 0. The van der Waals surface area contributed by atoms with Gasteiger partial charge in [0, 0.05) is 0 Å². The molecule has 0 aliphatic carbocycles. The number of halogens is 1. The van der Waals surface area contributed by atoms with E-state index in [-0.39, 0.29) is 4.70 Å². The van der Waals surface area contributed by atoms with Crippen molar-refractivity contribution in [3.05, 3.63) is 0 Å². The number of quaternary nitrogens is 1. The third kappa shape index (κ3) is 3.53. The molecule has 0 saturated carbocycles. The van der Waals surface area contributed by atoms with Crippen molar-refractivity contribution in [1.29, 1.82) is 0 Å².